The van der Waals surface area contributed by atoms with Gasteiger partial charge >= 0.3 is 0 Å². The highest BCUT2D eigenvalue weighted by Gasteiger charge is 2.15. The Morgan fingerprint density at radius 1 is 1.53 bits per heavy atom. The second kappa shape index (κ2) is 6.66. The molecule has 1 heterocycles. The van der Waals surface area contributed by atoms with Crippen LogP contribution in [-0.4, -0.2) is 42.1 Å². The van der Waals surface area contributed by atoms with Crippen LogP contribution in [0.2, 0.25) is 0 Å². The molecule has 0 radical (unpaired) electrons. The Kier molecular flexibility index (Phi) is 5.19. The third-order valence-corrected chi connectivity index (χ3v) is 4.43. The first-order valence-electron chi connectivity index (χ1n) is 5.96. The smallest absolute Gasteiger partial charge is 0.120 e. The first-order chi connectivity index (χ1) is 8.24. The maximum atomic E-state index is 5.75. The summed E-state index contributed by atoms with van der Waals surface area (Å²) in [6.07, 6.45) is 0. The minimum absolute atomic E-state index is 0.759. The predicted molar refractivity (Wildman–Crippen MR) is 78.0 cm³/mol. The molecule has 1 aliphatic heterocycles. The minimum Gasteiger partial charge on any atom is -0.492 e. The van der Waals surface area contributed by atoms with Crippen LogP contribution in [0.5, 0.6) is 5.75 Å². The molecule has 0 spiro atoms. The topological polar surface area (TPSA) is 12.5 Å². The van der Waals surface area contributed by atoms with Gasteiger partial charge in [-0.25, -0.2) is 0 Å². The van der Waals surface area contributed by atoms with E-state index < -0.39 is 0 Å². The van der Waals surface area contributed by atoms with Gasteiger partial charge in [0.1, 0.15) is 12.4 Å². The molecule has 4 heteroatoms. The molecular weight excluding hydrogens is 298 g/mol. The zero-order valence-electron chi connectivity index (χ0n) is 10.1. The summed E-state index contributed by atoms with van der Waals surface area (Å²) in [5.74, 6) is 2.19. The SMILES string of the molecule is CC1CN(CCOc2cccc(Br)c2)CCS1. The fraction of sp³-hybridized carbons (Fsp3) is 0.538. The molecule has 0 aliphatic carbocycles. The average Bonchev–Trinajstić information content (AvgIpc) is 2.29. The molecular formula is C13H18BrNOS. The molecule has 94 valence electrons. The highest BCUT2D eigenvalue weighted by Crippen LogP contribution is 2.19. The highest BCUT2D eigenvalue weighted by atomic mass is 79.9. The second-order valence-electron chi connectivity index (χ2n) is 4.29. The Hall–Kier alpha value is -0.190. The van der Waals surface area contributed by atoms with Gasteiger partial charge in [0, 0.05) is 35.1 Å². The van der Waals surface area contributed by atoms with Crippen molar-refractivity contribution in [3.8, 4) is 5.75 Å². The van der Waals surface area contributed by atoms with Gasteiger partial charge in [-0.1, -0.05) is 28.9 Å². The number of hydrogen-bond donors (Lipinski definition) is 0. The number of ether oxygens (including phenoxy) is 1. The molecule has 0 bridgehead atoms. The lowest BCUT2D eigenvalue weighted by Crippen LogP contribution is -2.39. The van der Waals surface area contributed by atoms with Gasteiger partial charge in [0.05, 0.1) is 0 Å². The van der Waals surface area contributed by atoms with Gasteiger partial charge in [0.15, 0.2) is 0 Å². The van der Waals surface area contributed by atoms with Crippen molar-refractivity contribution in [3.63, 3.8) is 0 Å². The molecule has 1 saturated heterocycles. The first kappa shape index (κ1) is 13.2. The number of benzene rings is 1. The van der Waals surface area contributed by atoms with E-state index in [-0.39, 0.29) is 0 Å². The molecule has 2 nitrogen and oxygen atoms in total. The van der Waals surface area contributed by atoms with Crippen LogP contribution in [0.25, 0.3) is 0 Å². The zero-order valence-corrected chi connectivity index (χ0v) is 12.5. The summed E-state index contributed by atoms with van der Waals surface area (Å²) in [7, 11) is 0. The van der Waals surface area contributed by atoms with E-state index in [4.69, 9.17) is 4.74 Å². The minimum atomic E-state index is 0.759. The van der Waals surface area contributed by atoms with Gasteiger partial charge in [-0.05, 0) is 18.2 Å². The Morgan fingerprint density at radius 2 is 2.41 bits per heavy atom. The van der Waals surface area contributed by atoms with Gasteiger partial charge < -0.3 is 4.74 Å². The van der Waals surface area contributed by atoms with Gasteiger partial charge in [-0.3, -0.25) is 4.90 Å². The number of halogens is 1. The fourth-order valence-electron chi connectivity index (χ4n) is 1.94. The molecule has 0 aromatic heterocycles. The maximum absolute atomic E-state index is 5.75. The summed E-state index contributed by atoms with van der Waals surface area (Å²) in [5.41, 5.74) is 0. The van der Waals surface area contributed by atoms with E-state index in [1.54, 1.807) is 0 Å². The van der Waals surface area contributed by atoms with E-state index in [0.717, 1.165) is 28.6 Å². The summed E-state index contributed by atoms with van der Waals surface area (Å²) in [6, 6.07) is 8.02. The number of nitrogens with zero attached hydrogens (tertiary/aromatic N) is 1. The molecule has 17 heavy (non-hydrogen) atoms. The first-order valence-corrected chi connectivity index (χ1v) is 7.80. The lowest BCUT2D eigenvalue weighted by atomic mass is 10.3. The normalized spacial score (nSPS) is 21.4. The summed E-state index contributed by atoms with van der Waals surface area (Å²) in [4.78, 5) is 2.49. The van der Waals surface area contributed by atoms with Crippen LogP contribution in [0.4, 0.5) is 0 Å². The second-order valence-corrected chi connectivity index (χ2v) is 6.75. The molecule has 1 atom stereocenters. The standard InChI is InChI=1S/C13H18BrNOS/c1-11-10-15(6-8-17-11)5-7-16-13-4-2-3-12(14)9-13/h2-4,9,11H,5-8,10H2,1H3. The van der Waals surface area contributed by atoms with Crippen LogP contribution in [0.15, 0.2) is 28.7 Å². The Labute approximate surface area is 116 Å². The molecule has 1 aromatic rings. The molecule has 1 aliphatic rings. The number of hydrogen-bond acceptors (Lipinski definition) is 3. The monoisotopic (exact) mass is 315 g/mol. The largest absolute Gasteiger partial charge is 0.492 e. The quantitative estimate of drug-likeness (QED) is 0.846. The third kappa shape index (κ3) is 4.53. The van der Waals surface area contributed by atoms with E-state index in [2.05, 4.69) is 39.5 Å². The fourth-order valence-corrected chi connectivity index (χ4v) is 3.40. The van der Waals surface area contributed by atoms with Crippen molar-refractivity contribution in [1.29, 1.82) is 0 Å². The summed E-state index contributed by atoms with van der Waals surface area (Å²) in [6.45, 7) is 6.47. The number of rotatable bonds is 4. The molecule has 1 fully saturated rings. The highest BCUT2D eigenvalue weighted by molar-refractivity contribution is 9.10. The average molecular weight is 316 g/mol. The van der Waals surface area contributed by atoms with Crippen molar-refractivity contribution in [2.24, 2.45) is 0 Å². The van der Waals surface area contributed by atoms with Gasteiger partial charge in [0.25, 0.3) is 0 Å². The molecule has 1 aromatic carbocycles. The molecule has 1 unspecified atom stereocenters. The third-order valence-electron chi connectivity index (χ3n) is 2.80. The van der Waals surface area contributed by atoms with Crippen LogP contribution >= 0.6 is 27.7 Å². The van der Waals surface area contributed by atoms with Crippen LogP contribution in [0.1, 0.15) is 6.92 Å². The molecule has 0 amide bonds. The molecule has 2 rings (SSSR count). The van der Waals surface area contributed by atoms with Gasteiger partial charge in [-0.15, -0.1) is 0 Å². The summed E-state index contributed by atoms with van der Waals surface area (Å²) < 4.78 is 6.81. The van der Waals surface area contributed by atoms with Crippen LogP contribution in [0.3, 0.4) is 0 Å². The van der Waals surface area contributed by atoms with Crippen molar-refractivity contribution < 1.29 is 4.74 Å². The maximum Gasteiger partial charge on any atom is 0.120 e. The van der Waals surface area contributed by atoms with Gasteiger partial charge in [-0.2, -0.15) is 11.8 Å². The molecule has 0 N–H and O–H groups in total. The number of thioether (sulfide) groups is 1. The summed E-state index contributed by atoms with van der Waals surface area (Å²) in [5, 5.41) is 0.759. The van der Waals surface area contributed by atoms with E-state index in [1.165, 1.54) is 18.8 Å². The zero-order chi connectivity index (χ0) is 12.1. The van der Waals surface area contributed by atoms with Gasteiger partial charge in [0.2, 0.25) is 0 Å². The van der Waals surface area contributed by atoms with E-state index >= 15 is 0 Å². The van der Waals surface area contributed by atoms with Crippen LogP contribution < -0.4 is 4.74 Å². The van der Waals surface area contributed by atoms with Crippen LogP contribution in [-0.2, 0) is 0 Å². The predicted octanol–water partition coefficient (Wildman–Crippen LogP) is 3.27. The van der Waals surface area contributed by atoms with Crippen molar-refractivity contribution in [1.82, 2.24) is 4.90 Å². The van der Waals surface area contributed by atoms with E-state index in [1.807, 2.05) is 24.3 Å². The lowest BCUT2D eigenvalue weighted by molar-refractivity contribution is 0.215. The Bertz CT molecular complexity index is 361. The lowest BCUT2D eigenvalue weighted by Gasteiger charge is -2.30. The van der Waals surface area contributed by atoms with Crippen molar-refractivity contribution in [3.05, 3.63) is 28.7 Å². The Morgan fingerprint density at radius 3 is 3.18 bits per heavy atom. The Balaban J connectivity index is 1.72. The van der Waals surface area contributed by atoms with Crippen molar-refractivity contribution in [2.45, 2.75) is 12.2 Å². The van der Waals surface area contributed by atoms with E-state index in [0.29, 0.717) is 0 Å². The van der Waals surface area contributed by atoms with Crippen molar-refractivity contribution in [2.75, 3.05) is 32.0 Å². The van der Waals surface area contributed by atoms with Crippen molar-refractivity contribution >= 4 is 27.7 Å². The van der Waals surface area contributed by atoms with E-state index in [9.17, 15) is 0 Å². The van der Waals surface area contributed by atoms with Crippen LogP contribution in [0, 0.1) is 0 Å². The summed E-state index contributed by atoms with van der Waals surface area (Å²) >= 11 is 5.51. The molecule has 0 saturated carbocycles.